The number of nitrogens with zero attached hydrogens (tertiary/aromatic N) is 2. The van der Waals surface area contributed by atoms with Gasteiger partial charge in [0.2, 0.25) is 0 Å². The third kappa shape index (κ3) is 2.81. The molecule has 0 spiro atoms. The summed E-state index contributed by atoms with van der Waals surface area (Å²) in [5.74, 6) is -0.771. The molecule has 0 saturated carbocycles. The van der Waals surface area contributed by atoms with Crippen LogP contribution in [0.1, 0.15) is 39.5 Å². The fraction of sp³-hybridized carbons (Fsp3) is 0.733. The Balaban J connectivity index is 2.05. The normalized spacial score (nSPS) is 27.2. The van der Waals surface area contributed by atoms with Crippen LogP contribution in [0.5, 0.6) is 0 Å². The highest BCUT2D eigenvalue weighted by atomic mass is 16.4. The van der Waals surface area contributed by atoms with Crippen LogP contribution in [0.2, 0.25) is 0 Å². The van der Waals surface area contributed by atoms with E-state index in [2.05, 4.69) is 13.0 Å². The summed E-state index contributed by atoms with van der Waals surface area (Å²) in [6.07, 6.45) is 5.01. The lowest BCUT2D eigenvalue weighted by Gasteiger charge is -2.41. The molecule has 2 heterocycles. The van der Waals surface area contributed by atoms with Crippen molar-refractivity contribution >= 4 is 12.0 Å². The highest BCUT2D eigenvalue weighted by Gasteiger charge is 2.42. The molecular weight excluding hydrogens is 256 g/mol. The summed E-state index contributed by atoms with van der Waals surface area (Å²) in [5, 5.41) is 9.47. The van der Waals surface area contributed by atoms with Crippen LogP contribution in [-0.4, -0.2) is 53.1 Å². The van der Waals surface area contributed by atoms with Gasteiger partial charge in [-0.05, 0) is 32.6 Å². The van der Waals surface area contributed by atoms with Gasteiger partial charge >= 0.3 is 12.0 Å². The van der Waals surface area contributed by atoms with Crippen molar-refractivity contribution in [3.8, 4) is 0 Å². The maximum absolute atomic E-state index is 12.5. The van der Waals surface area contributed by atoms with E-state index in [9.17, 15) is 14.7 Å². The van der Waals surface area contributed by atoms with Gasteiger partial charge in [-0.15, -0.1) is 0 Å². The summed E-state index contributed by atoms with van der Waals surface area (Å²) in [4.78, 5) is 27.6. The second-order valence-electron chi connectivity index (χ2n) is 5.99. The van der Waals surface area contributed by atoms with E-state index in [1.165, 1.54) is 5.57 Å². The van der Waals surface area contributed by atoms with Crippen LogP contribution in [-0.2, 0) is 4.79 Å². The van der Waals surface area contributed by atoms with Gasteiger partial charge < -0.3 is 14.9 Å². The van der Waals surface area contributed by atoms with Crippen molar-refractivity contribution in [1.29, 1.82) is 0 Å². The Labute approximate surface area is 120 Å². The van der Waals surface area contributed by atoms with Crippen molar-refractivity contribution in [2.75, 3.05) is 26.2 Å². The zero-order valence-electron chi connectivity index (χ0n) is 12.4. The van der Waals surface area contributed by atoms with Crippen molar-refractivity contribution < 1.29 is 14.7 Å². The van der Waals surface area contributed by atoms with Crippen molar-refractivity contribution in [1.82, 2.24) is 9.80 Å². The molecule has 1 saturated heterocycles. The number of carboxylic acids is 1. The molecule has 1 unspecified atom stereocenters. The third-order valence-electron chi connectivity index (χ3n) is 4.68. The fourth-order valence-electron chi connectivity index (χ4n) is 3.05. The molecule has 5 heteroatoms. The van der Waals surface area contributed by atoms with E-state index >= 15 is 0 Å². The predicted molar refractivity (Wildman–Crippen MR) is 76.5 cm³/mol. The number of aliphatic carboxylic acids is 1. The molecule has 1 fully saturated rings. The van der Waals surface area contributed by atoms with Gasteiger partial charge in [0, 0.05) is 26.2 Å². The van der Waals surface area contributed by atoms with Gasteiger partial charge in [0.05, 0.1) is 5.41 Å². The molecule has 20 heavy (non-hydrogen) atoms. The van der Waals surface area contributed by atoms with E-state index in [4.69, 9.17) is 0 Å². The van der Waals surface area contributed by atoms with Crippen molar-refractivity contribution in [3.63, 3.8) is 0 Å². The third-order valence-corrected chi connectivity index (χ3v) is 4.68. The molecule has 112 valence electrons. The van der Waals surface area contributed by atoms with Crippen LogP contribution in [0.4, 0.5) is 4.79 Å². The summed E-state index contributed by atoms with van der Waals surface area (Å²) in [5.41, 5.74) is 0.566. The van der Waals surface area contributed by atoms with Crippen LogP contribution in [0.25, 0.3) is 0 Å². The molecule has 0 radical (unpaired) electrons. The Bertz CT molecular complexity index is 433. The van der Waals surface area contributed by atoms with E-state index in [1.807, 2.05) is 11.8 Å². The van der Waals surface area contributed by atoms with Crippen LogP contribution >= 0.6 is 0 Å². The van der Waals surface area contributed by atoms with Gasteiger partial charge in [-0.2, -0.15) is 0 Å². The smallest absolute Gasteiger partial charge is 0.320 e. The Morgan fingerprint density at radius 3 is 2.65 bits per heavy atom. The SMILES string of the molecule is CCC1(C(=O)O)CCCN(C(=O)N2CC=C(C)CC2)C1. The summed E-state index contributed by atoms with van der Waals surface area (Å²) in [6.45, 7) is 6.38. The minimum absolute atomic E-state index is 0.00692. The maximum Gasteiger partial charge on any atom is 0.320 e. The average Bonchev–Trinajstić information content (AvgIpc) is 2.47. The zero-order valence-corrected chi connectivity index (χ0v) is 12.4. The van der Waals surface area contributed by atoms with Crippen LogP contribution in [0, 0.1) is 5.41 Å². The number of amides is 2. The maximum atomic E-state index is 12.5. The summed E-state index contributed by atoms with van der Waals surface area (Å²) in [6, 6.07) is -0.00692. The first kappa shape index (κ1) is 14.9. The molecule has 0 bridgehead atoms. The predicted octanol–water partition coefficient (Wildman–Crippen LogP) is 2.34. The molecule has 1 atom stereocenters. The molecule has 5 nitrogen and oxygen atoms in total. The van der Waals surface area contributed by atoms with Crippen molar-refractivity contribution in [3.05, 3.63) is 11.6 Å². The molecular formula is C15H24N2O3. The molecule has 2 aliphatic heterocycles. The number of carbonyl (C=O) groups is 2. The number of hydrogen-bond donors (Lipinski definition) is 1. The first-order valence-electron chi connectivity index (χ1n) is 7.41. The Kier molecular flexibility index (Phi) is 4.35. The van der Waals surface area contributed by atoms with Crippen molar-refractivity contribution in [2.24, 2.45) is 5.41 Å². The second-order valence-corrected chi connectivity index (χ2v) is 5.99. The van der Waals surface area contributed by atoms with E-state index in [1.54, 1.807) is 4.90 Å². The van der Waals surface area contributed by atoms with Crippen molar-refractivity contribution in [2.45, 2.75) is 39.5 Å². The van der Waals surface area contributed by atoms with Gasteiger partial charge in [-0.25, -0.2) is 4.79 Å². The number of piperidine rings is 1. The second kappa shape index (κ2) is 5.85. The lowest BCUT2D eigenvalue weighted by atomic mass is 9.78. The number of urea groups is 1. The van der Waals surface area contributed by atoms with Gasteiger partial charge in [-0.1, -0.05) is 18.6 Å². The van der Waals surface area contributed by atoms with E-state index < -0.39 is 11.4 Å². The molecule has 0 aliphatic carbocycles. The van der Waals surface area contributed by atoms with Gasteiger partial charge in [-0.3, -0.25) is 4.79 Å². The van der Waals surface area contributed by atoms with Gasteiger partial charge in [0.25, 0.3) is 0 Å². The van der Waals surface area contributed by atoms with Crippen LogP contribution in [0.3, 0.4) is 0 Å². The topological polar surface area (TPSA) is 60.9 Å². The number of hydrogen-bond acceptors (Lipinski definition) is 2. The Morgan fingerprint density at radius 1 is 1.35 bits per heavy atom. The first-order chi connectivity index (χ1) is 9.48. The summed E-state index contributed by atoms with van der Waals surface area (Å²) < 4.78 is 0. The Morgan fingerprint density at radius 2 is 2.10 bits per heavy atom. The van der Waals surface area contributed by atoms with Crippen LogP contribution in [0.15, 0.2) is 11.6 Å². The highest BCUT2D eigenvalue weighted by Crippen LogP contribution is 2.34. The highest BCUT2D eigenvalue weighted by molar-refractivity contribution is 5.79. The van der Waals surface area contributed by atoms with Gasteiger partial charge in [0.1, 0.15) is 0 Å². The molecule has 2 amide bonds. The van der Waals surface area contributed by atoms with E-state index in [0.29, 0.717) is 32.5 Å². The number of rotatable bonds is 2. The minimum Gasteiger partial charge on any atom is -0.481 e. The molecule has 2 aliphatic rings. The van der Waals surface area contributed by atoms with Crippen LogP contribution < -0.4 is 0 Å². The lowest BCUT2D eigenvalue weighted by molar-refractivity contribution is -0.152. The van der Waals surface area contributed by atoms with Gasteiger partial charge in [0.15, 0.2) is 0 Å². The summed E-state index contributed by atoms with van der Waals surface area (Å²) in [7, 11) is 0. The fourth-order valence-corrected chi connectivity index (χ4v) is 3.05. The molecule has 2 rings (SSSR count). The molecule has 1 N–H and O–H groups in total. The minimum atomic E-state index is -0.771. The monoisotopic (exact) mass is 280 g/mol. The molecule has 0 aromatic rings. The quantitative estimate of drug-likeness (QED) is 0.790. The standard InChI is InChI=1S/C15H24N2O3/c1-3-15(13(18)19)7-4-8-17(11-15)14(20)16-9-5-12(2)6-10-16/h5H,3-4,6-11H2,1-2H3,(H,18,19). The van der Waals surface area contributed by atoms with E-state index in [-0.39, 0.29) is 6.03 Å². The number of likely N-dealkylation sites (tertiary alicyclic amines) is 1. The summed E-state index contributed by atoms with van der Waals surface area (Å²) >= 11 is 0. The lowest BCUT2D eigenvalue weighted by Crippen LogP contribution is -2.54. The number of carboxylic acid groups (broad SMARTS) is 1. The number of carbonyl (C=O) groups excluding carboxylic acids is 1. The largest absolute Gasteiger partial charge is 0.481 e. The molecule has 0 aromatic carbocycles. The molecule has 0 aromatic heterocycles. The Hall–Kier alpha value is -1.52. The first-order valence-corrected chi connectivity index (χ1v) is 7.41. The zero-order chi connectivity index (χ0) is 14.8. The van der Waals surface area contributed by atoms with E-state index in [0.717, 1.165) is 19.4 Å². The average molecular weight is 280 g/mol.